The number of hydrogen-bond acceptors (Lipinski definition) is 1. The average Bonchev–Trinajstić information content (AvgIpc) is 2.94. The molecule has 1 heteroatoms. The molecule has 0 aromatic rings. The summed E-state index contributed by atoms with van der Waals surface area (Å²) in [5.74, 6) is 4.50. The fourth-order valence-corrected chi connectivity index (χ4v) is 8.40. The Balaban J connectivity index is 1.42. The van der Waals surface area contributed by atoms with Crippen LogP contribution < -0.4 is 0 Å². The van der Waals surface area contributed by atoms with Crippen LogP contribution in [0.15, 0.2) is 0 Å². The van der Waals surface area contributed by atoms with Gasteiger partial charge in [0.25, 0.3) is 0 Å². The molecule has 5 unspecified atom stereocenters. The van der Waals surface area contributed by atoms with Gasteiger partial charge < -0.3 is 0 Å². The van der Waals surface area contributed by atoms with E-state index in [9.17, 15) is 4.79 Å². The van der Waals surface area contributed by atoms with Crippen LogP contribution in [0, 0.1) is 39.9 Å². The minimum absolute atomic E-state index is 0.160. The molecule has 0 bridgehead atoms. The molecule has 1 nitrogen and oxygen atoms in total. The van der Waals surface area contributed by atoms with E-state index in [2.05, 4.69) is 13.8 Å². The van der Waals surface area contributed by atoms with E-state index in [4.69, 9.17) is 0 Å². The topological polar surface area (TPSA) is 17.1 Å². The van der Waals surface area contributed by atoms with Gasteiger partial charge >= 0.3 is 0 Å². The van der Waals surface area contributed by atoms with Gasteiger partial charge in [-0.1, -0.05) is 20.3 Å². The molecule has 0 N–H and O–H groups in total. The van der Waals surface area contributed by atoms with Crippen LogP contribution in [0.25, 0.3) is 0 Å². The maximum Gasteiger partial charge on any atom is 0.139 e. The minimum Gasteiger partial charge on any atom is -0.299 e. The summed E-state index contributed by atoms with van der Waals surface area (Å²) in [6.07, 6.45) is 16.3. The van der Waals surface area contributed by atoms with Gasteiger partial charge in [0.15, 0.2) is 0 Å². The predicted octanol–water partition coefficient (Wildman–Crippen LogP) is 5.77. The van der Waals surface area contributed by atoms with Crippen LogP contribution in [0.1, 0.15) is 90.9 Å². The summed E-state index contributed by atoms with van der Waals surface area (Å²) in [4.78, 5) is 12.3. The van der Waals surface area contributed by atoms with Gasteiger partial charge in [-0.2, -0.15) is 0 Å². The number of Topliss-reactive ketones (excluding diaryl/α,β-unsaturated/α-hetero) is 1. The maximum absolute atomic E-state index is 12.3. The Morgan fingerprint density at radius 2 is 1.74 bits per heavy atom. The highest BCUT2D eigenvalue weighted by Crippen LogP contribution is 2.68. The van der Waals surface area contributed by atoms with Crippen molar-refractivity contribution in [2.24, 2.45) is 39.9 Å². The Bertz CT molecular complexity index is 538. The van der Waals surface area contributed by atoms with Crippen LogP contribution >= 0.6 is 0 Å². The Morgan fingerprint density at radius 3 is 2.48 bits per heavy atom. The van der Waals surface area contributed by atoms with Gasteiger partial charge in [-0.25, -0.2) is 0 Å². The zero-order chi connectivity index (χ0) is 15.9. The van der Waals surface area contributed by atoms with E-state index in [1.807, 2.05) is 0 Å². The molecule has 0 radical (unpaired) electrons. The zero-order valence-corrected chi connectivity index (χ0v) is 15.2. The number of hydrogen-bond donors (Lipinski definition) is 0. The van der Waals surface area contributed by atoms with Crippen molar-refractivity contribution in [3.8, 4) is 0 Å². The first-order valence-electron chi connectivity index (χ1n) is 10.5. The third-order valence-electron chi connectivity index (χ3n) is 10.0. The lowest BCUT2D eigenvalue weighted by Crippen LogP contribution is -2.56. The zero-order valence-electron chi connectivity index (χ0n) is 15.2. The molecule has 0 aromatic heterocycles. The summed E-state index contributed by atoms with van der Waals surface area (Å²) in [6, 6.07) is 0. The second-order valence-electron chi connectivity index (χ2n) is 10.6. The molecule has 0 heterocycles. The Kier molecular flexibility index (Phi) is 3.02. The van der Waals surface area contributed by atoms with Crippen LogP contribution in [0.3, 0.4) is 0 Å². The standard InChI is InChI=1S/C22H34O/c1-20-9-3-4-17(20)16-6-5-15-14-22(11-8-19(22)23)13-12-21(15,2)18(16)7-10-20/h15-18H,3-14H2,1-2H3/t15?,16?,17?,18?,20-,21-,22?/m0/s1. The number of ketones is 1. The van der Waals surface area contributed by atoms with Crippen molar-refractivity contribution in [3.05, 3.63) is 0 Å². The van der Waals surface area contributed by atoms with Crippen LogP contribution in [-0.4, -0.2) is 5.78 Å². The summed E-state index contributed by atoms with van der Waals surface area (Å²) in [7, 11) is 0. The van der Waals surface area contributed by atoms with Crippen LogP contribution in [-0.2, 0) is 4.79 Å². The third kappa shape index (κ3) is 1.83. The largest absolute Gasteiger partial charge is 0.299 e. The van der Waals surface area contributed by atoms with E-state index in [1.54, 1.807) is 0 Å². The molecule has 128 valence electrons. The van der Waals surface area contributed by atoms with Crippen molar-refractivity contribution in [1.82, 2.24) is 0 Å². The molecule has 7 atom stereocenters. The fraction of sp³-hybridized carbons (Fsp3) is 0.955. The molecule has 1 spiro atoms. The molecular weight excluding hydrogens is 280 g/mol. The van der Waals surface area contributed by atoms with Crippen molar-refractivity contribution in [3.63, 3.8) is 0 Å². The predicted molar refractivity (Wildman–Crippen MR) is 93.0 cm³/mol. The number of fused-ring (bicyclic) bond motifs is 5. The minimum atomic E-state index is 0.160. The van der Waals surface area contributed by atoms with E-state index in [0.717, 1.165) is 30.1 Å². The molecule has 0 aromatic carbocycles. The highest BCUT2D eigenvalue weighted by atomic mass is 16.1. The molecule has 5 fully saturated rings. The second-order valence-corrected chi connectivity index (χ2v) is 10.6. The monoisotopic (exact) mass is 314 g/mol. The summed E-state index contributed by atoms with van der Waals surface area (Å²) in [6.45, 7) is 5.25. The summed E-state index contributed by atoms with van der Waals surface area (Å²) >= 11 is 0. The third-order valence-corrected chi connectivity index (χ3v) is 10.0. The maximum atomic E-state index is 12.3. The Morgan fingerprint density at radius 1 is 0.870 bits per heavy atom. The first-order valence-corrected chi connectivity index (χ1v) is 10.5. The lowest BCUT2D eigenvalue weighted by Gasteiger charge is -2.63. The van der Waals surface area contributed by atoms with Crippen molar-refractivity contribution in [2.45, 2.75) is 90.9 Å². The first-order chi connectivity index (χ1) is 11.0. The fourth-order valence-electron chi connectivity index (χ4n) is 8.40. The van der Waals surface area contributed by atoms with E-state index in [0.29, 0.717) is 16.6 Å². The molecule has 5 rings (SSSR count). The quantitative estimate of drug-likeness (QED) is 0.555. The van der Waals surface area contributed by atoms with Crippen molar-refractivity contribution >= 4 is 5.78 Å². The highest BCUT2D eigenvalue weighted by Gasteiger charge is 2.61. The SMILES string of the molecule is C[C@@]12CCCC1C1CCC3CC4(CCC4=O)CC[C@]3(C)C1CC2. The van der Waals surface area contributed by atoms with Crippen molar-refractivity contribution in [1.29, 1.82) is 0 Å². The second kappa shape index (κ2) is 4.64. The van der Waals surface area contributed by atoms with Gasteiger partial charge in [-0.3, -0.25) is 4.79 Å². The number of carbonyl (C=O) groups excluding carboxylic acids is 1. The van der Waals surface area contributed by atoms with Crippen molar-refractivity contribution in [2.75, 3.05) is 0 Å². The van der Waals surface area contributed by atoms with Gasteiger partial charge in [0.2, 0.25) is 0 Å². The lowest BCUT2D eigenvalue weighted by molar-refractivity contribution is -0.160. The number of rotatable bonds is 0. The normalized spacial score (nSPS) is 58.3. The van der Waals surface area contributed by atoms with E-state index in [-0.39, 0.29) is 5.41 Å². The molecule has 5 saturated carbocycles. The average molecular weight is 315 g/mol. The summed E-state index contributed by atoms with van der Waals surface area (Å²) in [5.41, 5.74) is 1.41. The van der Waals surface area contributed by atoms with Gasteiger partial charge in [0, 0.05) is 11.8 Å². The highest BCUT2D eigenvalue weighted by molar-refractivity contribution is 5.90. The van der Waals surface area contributed by atoms with Gasteiger partial charge in [0.05, 0.1) is 0 Å². The lowest BCUT2D eigenvalue weighted by atomic mass is 9.41. The van der Waals surface area contributed by atoms with Gasteiger partial charge in [-0.05, 0) is 98.7 Å². The molecule has 0 aliphatic heterocycles. The molecule has 23 heavy (non-hydrogen) atoms. The van der Waals surface area contributed by atoms with E-state index in [1.165, 1.54) is 70.6 Å². The number of carbonyl (C=O) groups is 1. The van der Waals surface area contributed by atoms with Gasteiger partial charge in [0.1, 0.15) is 5.78 Å². The van der Waals surface area contributed by atoms with Crippen LogP contribution in [0.2, 0.25) is 0 Å². The van der Waals surface area contributed by atoms with E-state index < -0.39 is 0 Å². The molecule has 5 aliphatic rings. The summed E-state index contributed by atoms with van der Waals surface area (Å²) < 4.78 is 0. The Hall–Kier alpha value is -0.330. The molecule has 0 amide bonds. The molecule has 5 aliphatic carbocycles. The van der Waals surface area contributed by atoms with Crippen molar-refractivity contribution < 1.29 is 4.79 Å². The molecular formula is C22H34O. The summed E-state index contributed by atoms with van der Waals surface area (Å²) in [5, 5.41) is 0. The first kappa shape index (κ1) is 15.0. The molecule has 0 saturated heterocycles. The smallest absolute Gasteiger partial charge is 0.139 e. The van der Waals surface area contributed by atoms with Gasteiger partial charge in [-0.15, -0.1) is 0 Å². The van der Waals surface area contributed by atoms with Crippen LogP contribution in [0.4, 0.5) is 0 Å². The van der Waals surface area contributed by atoms with Crippen LogP contribution in [0.5, 0.6) is 0 Å². The Labute approximate surface area is 142 Å². The van der Waals surface area contributed by atoms with E-state index >= 15 is 0 Å².